The van der Waals surface area contributed by atoms with Gasteiger partial charge in [0, 0.05) is 6.04 Å². The molecular formula is C15H24N2O2. The molecule has 4 heteroatoms. The first-order valence-corrected chi connectivity index (χ1v) is 6.60. The van der Waals surface area contributed by atoms with Crippen LogP contribution in [0.15, 0.2) is 24.3 Å². The number of phenols is 1. The van der Waals surface area contributed by atoms with Gasteiger partial charge >= 0.3 is 0 Å². The first-order valence-electron chi connectivity index (χ1n) is 6.60. The predicted octanol–water partition coefficient (Wildman–Crippen LogP) is 1.81. The molecule has 0 aromatic heterocycles. The van der Waals surface area contributed by atoms with Crippen LogP contribution in [0.3, 0.4) is 0 Å². The van der Waals surface area contributed by atoms with Crippen molar-refractivity contribution in [2.24, 2.45) is 11.1 Å². The van der Waals surface area contributed by atoms with Gasteiger partial charge in [-0.25, -0.2) is 0 Å². The molecule has 0 aliphatic heterocycles. The molecule has 1 unspecified atom stereocenters. The van der Waals surface area contributed by atoms with Crippen molar-refractivity contribution >= 4 is 5.91 Å². The second-order valence-electron chi connectivity index (χ2n) is 5.91. The summed E-state index contributed by atoms with van der Waals surface area (Å²) in [5.41, 5.74) is 6.37. The Hall–Kier alpha value is -1.55. The third kappa shape index (κ3) is 5.30. The number of phenolic OH excluding ortho intramolecular Hbond substituents is 1. The number of rotatable bonds is 5. The van der Waals surface area contributed by atoms with Crippen molar-refractivity contribution in [2.75, 3.05) is 6.54 Å². The minimum Gasteiger partial charge on any atom is -0.508 e. The van der Waals surface area contributed by atoms with Crippen molar-refractivity contribution in [1.29, 1.82) is 0 Å². The molecule has 19 heavy (non-hydrogen) atoms. The SMILES string of the molecule is CC(C)(C)C(CCN)NC(=O)Cc1cccc(O)c1. The second kappa shape index (κ2) is 6.57. The van der Waals surface area contributed by atoms with E-state index in [0.717, 1.165) is 12.0 Å². The lowest BCUT2D eigenvalue weighted by Crippen LogP contribution is -2.45. The zero-order chi connectivity index (χ0) is 14.5. The number of nitrogens with one attached hydrogen (secondary N) is 1. The smallest absolute Gasteiger partial charge is 0.224 e. The Kier molecular flexibility index (Phi) is 5.36. The minimum absolute atomic E-state index is 0.0200. The Morgan fingerprint density at radius 3 is 2.63 bits per heavy atom. The van der Waals surface area contributed by atoms with Crippen molar-refractivity contribution in [1.82, 2.24) is 5.32 Å². The quantitative estimate of drug-likeness (QED) is 0.759. The summed E-state index contributed by atoms with van der Waals surface area (Å²) >= 11 is 0. The van der Waals surface area contributed by atoms with Gasteiger partial charge in [0.2, 0.25) is 5.91 Å². The molecule has 0 aliphatic rings. The number of amides is 1. The summed E-state index contributed by atoms with van der Waals surface area (Å²) in [6.07, 6.45) is 1.03. The zero-order valence-electron chi connectivity index (χ0n) is 11.9. The summed E-state index contributed by atoms with van der Waals surface area (Å²) in [6, 6.07) is 6.82. The fourth-order valence-electron chi connectivity index (χ4n) is 1.99. The fourth-order valence-corrected chi connectivity index (χ4v) is 1.99. The van der Waals surface area contributed by atoms with E-state index >= 15 is 0 Å². The minimum atomic E-state index is -0.0426. The van der Waals surface area contributed by atoms with Crippen molar-refractivity contribution < 1.29 is 9.90 Å². The maximum atomic E-state index is 12.0. The third-order valence-corrected chi connectivity index (χ3v) is 3.11. The van der Waals surface area contributed by atoms with E-state index in [2.05, 4.69) is 26.1 Å². The molecule has 1 rings (SSSR count). The molecule has 0 bridgehead atoms. The number of nitrogens with two attached hydrogens (primary N) is 1. The average Bonchev–Trinajstić information content (AvgIpc) is 2.27. The predicted molar refractivity (Wildman–Crippen MR) is 76.9 cm³/mol. The first kappa shape index (κ1) is 15.5. The lowest BCUT2D eigenvalue weighted by atomic mass is 9.84. The summed E-state index contributed by atoms with van der Waals surface area (Å²) in [4.78, 5) is 12.0. The van der Waals surface area contributed by atoms with E-state index in [1.54, 1.807) is 18.2 Å². The Labute approximate surface area is 115 Å². The van der Waals surface area contributed by atoms with Gasteiger partial charge in [-0.05, 0) is 36.1 Å². The monoisotopic (exact) mass is 264 g/mol. The molecule has 1 aromatic carbocycles. The largest absolute Gasteiger partial charge is 0.508 e. The van der Waals surface area contributed by atoms with Gasteiger partial charge in [-0.2, -0.15) is 0 Å². The fraction of sp³-hybridized carbons (Fsp3) is 0.533. The highest BCUT2D eigenvalue weighted by Gasteiger charge is 2.25. The van der Waals surface area contributed by atoms with E-state index in [0.29, 0.717) is 6.54 Å². The topological polar surface area (TPSA) is 75.3 Å². The number of hydrogen-bond acceptors (Lipinski definition) is 3. The lowest BCUT2D eigenvalue weighted by Gasteiger charge is -2.31. The van der Waals surface area contributed by atoms with Crippen LogP contribution in [0, 0.1) is 5.41 Å². The van der Waals surface area contributed by atoms with Gasteiger partial charge in [-0.15, -0.1) is 0 Å². The molecule has 1 atom stereocenters. The second-order valence-corrected chi connectivity index (χ2v) is 5.91. The van der Waals surface area contributed by atoms with E-state index in [9.17, 15) is 9.90 Å². The Morgan fingerprint density at radius 2 is 2.11 bits per heavy atom. The molecule has 0 aliphatic carbocycles. The van der Waals surface area contributed by atoms with Crippen molar-refractivity contribution in [3.63, 3.8) is 0 Å². The third-order valence-electron chi connectivity index (χ3n) is 3.11. The standard InChI is InChI=1S/C15H24N2O2/c1-15(2,3)13(7-8-16)17-14(19)10-11-5-4-6-12(18)9-11/h4-6,9,13,18H,7-8,10,16H2,1-3H3,(H,17,19). The highest BCUT2D eigenvalue weighted by Crippen LogP contribution is 2.21. The summed E-state index contributed by atoms with van der Waals surface area (Å²) in [6.45, 7) is 6.81. The van der Waals surface area contributed by atoms with Crippen LogP contribution < -0.4 is 11.1 Å². The molecular weight excluding hydrogens is 240 g/mol. The number of hydrogen-bond donors (Lipinski definition) is 3. The Bertz CT molecular complexity index is 424. The molecule has 0 heterocycles. The van der Waals surface area contributed by atoms with Crippen molar-refractivity contribution in [3.05, 3.63) is 29.8 Å². The highest BCUT2D eigenvalue weighted by atomic mass is 16.3. The molecule has 0 spiro atoms. The average molecular weight is 264 g/mol. The van der Waals surface area contributed by atoms with E-state index in [-0.39, 0.29) is 29.5 Å². The number of aromatic hydroxyl groups is 1. The van der Waals surface area contributed by atoms with Gasteiger partial charge in [-0.1, -0.05) is 32.9 Å². The van der Waals surface area contributed by atoms with E-state index < -0.39 is 0 Å². The van der Waals surface area contributed by atoms with Gasteiger partial charge in [0.1, 0.15) is 5.75 Å². The van der Waals surface area contributed by atoms with Gasteiger partial charge in [0.25, 0.3) is 0 Å². The van der Waals surface area contributed by atoms with Crippen LogP contribution in [0.2, 0.25) is 0 Å². The molecule has 1 amide bonds. The summed E-state index contributed by atoms with van der Waals surface area (Å²) in [5.74, 6) is 0.138. The molecule has 0 radical (unpaired) electrons. The highest BCUT2D eigenvalue weighted by molar-refractivity contribution is 5.79. The molecule has 4 N–H and O–H groups in total. The normalized spacial score (nSPS) is 13.1. The lowest BCUT2D eigenvalue weighted by molar-refractivity contribution is -0.121. The Balaban J connectivity index is 2.63. The van der Waals surface area contributed by atoms with Crippen LogP contribution in [0.1, 0.15) is 32.8 Å². The van der Waals surface area contributed by atoms with Crippen LogP contribution >= 0.6 is 0 Å². The number of benzene rings is 1. The van der Waals surface area contributed by atoms with Gasteiger partial charge in [0.15, 0.2) is 0 Å². The van der Waals surface area contributed by atoms with E-state index in [4.69, 9.17) is 5.73 Å². The Morgan fingerprint density at radius 1 is 1.42 bits per heavy atom. The number of carbonyl (C=O) groups excluding carboxylic acids is 1. The molecule has 0 saturated carbocycles. The molecule has 4 nitrogen and oxygen atoms in total. The van der Waals surface area contributed by atoms with Crippen LogP contribution in [0.25, 0.3) is 0 Å². The maximum absolute atomic E-state index is 12.0. The first-order chi connectivity index (χ1) is 8.82. The van der Waals surface area contributed by atoms with Crippen molar-refractivity contribution in [2.45, 2.75) is 39.7 Å². The summed E-state index contributed by atoms with van der Waals surface area (Å²) in [7, 11) is 0. The summed E-state index contributed by atoms with van der Waals surface area (Å²) < 4.78 is 0. The van der Waals surface area contributed by atoms with Crippen LogP contribution in [-0.2, 0) is 11.2 Å². The molecule has 0 saturated heterocycles. The van der Waals surface area contributed by atoms with Crippen LogP contribution in [0.5, 0.6) is 5.75 Å². The molecule has 0 fully saturated rings. The summed E-state index contributed by atoms with van der Waals surface area (Å²) in [5, 5.41) is 12.4. The van der Waals surface area contributed by atoms with E-state index in [1.807, 2.05) is 6.07 Å². The number of carbonyl (C=O) groups is 1. The zero-order valence-corrected chi connectivity index (χ0v) is 11.9. The maximum Gasteiger partial charge on any atom is 0.224 e. The molecule has 1 aromatic rings. The van der Waals surface area contributed by atoms with Crippen LogP contribution in [-0.4, -0.2) is 23.6 Å². The van der Waals surface area contributed by atoms with E-state index in [1.165, 1.54) is 0 Å². The molecule has 106 valence electrons. The van der Waals surface area contributed by atoms with Gasteiger partial charge < -0.3 is 16.2 Å². The van der Waals surface area contributed by atoms with Crippen molar-refractivity contribution in [3.8, 4) is 5.75 Å². The van der Waals surface area contributed by atoms with Gasteiger partial charge in [0.05, 0.1) is 6.42 Å². The van der Waals surface area contributed by atoms with Crippen LogP contribution in [0.4, 0.5) is 0 Å². The van der Waals surface area contributed by atoms with Gasteiger partial charge in [-0.3, -0.25) is 4.79 Å².